The van der Waals surface area contributed by atoms with Crippen LogP contribution in [0.3, 0.4) is 0 Å². The number of nitrogens with zero attached hydrogens (tertiary/aromatic N) is 1. The molecular weight excluding hydrogens is 260 g/mol. The second-order valence-electron chi connectivity index (χ2n) is 5.34. The first kappa shape index (κ1) is 15.0. The van der Waals surface area contributed by atoms with Crippen molar-refractivity contribution in [3.8, 4) is 0 Å². The van der Waals surface area contributed by atoms with E-state index < -0.39 is 0 Å². The molecule has 1 aromatic rings. The van der Waals surface area contributed by atoms with Gasteiger partial charge in [-0.15, -0.1) is 0 Å². The van der Waals surface area contributed by atoms with Crippen LogP contribution in [0.4, 0.5) is 5.82 Å². The summed E-state index contributed by atoms with van der Waals surface area (Å²) in [4.78, 5) is 14.7. The molecule has 0 bridgehead atoms. The highest BCUT2D eigenvalue weighted by atomic mass is 16.5. The van der Waals surface area contributed by atoms with Gasteiger partial charge >= 0.3 is 0 Å². The quantitative estimate of drug-likeness (QED) is 0.451. The molecule has 0 atom stereocenters. The predicted molar refractivity (Wildman–Crippen MR) is 72.7 cm³/mol. The van der Waals surface area contributed by atoms with Crippen molar-refractivity contribution in [3.05, 3.63) is 11.8 Å². The number of aliphatic hydroxyl groups is 1. The van der Waals surface area contributed by atoms with Gasteiger partial charge < -0.3 is 24.7 Å². The van der Waals surface area contributed by atoms with Gasteiger partial charge in [-0.3, -0.25) is 4.79 Å². The molecule has 1 amide bonds. The molecular formula is C13H24N4O3+2. The van der Waals surface area contributed by atoms with E-state index in [4.69, 9.17) is 9.63 Å². The average molecular weight is 284 g/mol. The van der Waals surface area contributed by atoms with Crippen LogP contribution >= 0.6 is 0 Å². The second-order valence-corrected chi connectivity index (χ2v) is 5.34. The maximum absolute atomic E-state index is 11.8. The monoisotopic (exact) mass is 284 g/mol. The normalized spacial score (nSPS) is 22.7. The Morgan fingerprint density at radius 2 is 2.00 bits per heavy atom. The minimum absolute atomic E-state index is 0.0177. The number of rotatable bonds is 6. The summed E-state index contributed by atoms with van der Waals surface area (Å²) in [5.41, 5.74) is 0. The molecule has 4 N–H and O–H groups in total. The highest BCUT2D eigenvalue weighted by Gasteiger charge is 2.22. The summed E-state index contributed by atoms with van der Waals surface area (Å²) >= 11 is 0. The Labute approximate surface area is 118 Å². The highest BCUT2D eigenvalue weighted by Crippen LogP contribution is 2.06. The van der Waals surface area contributed by atoms with Gasteiger partial charge in [0.1, 0.15) is 38.5 Å². The number of aromatic nitrogens is 1. The van der Waals surface area contributed by atoms with Crippen LogP contribution in [0.5, 0.6) is 0 Å². The standard InChI is InChI=1S/C13H22N4O3/c1-11-10-12(15-20-11)14-13(19)2-3-16-4-6-17(7-5-16)8-9-18/h10,18H,2-9H2,1H3,(H,14,15,19)/p+2. The molecule has 0 aromatic carbocycles. The number of amides is 1. The Balaban J connectivity index is 1.64. The maximum Gasteiger partial charge on any atom is 0.231 e. The van der Waals surface area contributed by atoms with Gasteiger partial charge in [-0.2, -0.15) is 0 Å². The first-order chi connectivity index (χ1) is 9.67. The van der Waals surface area contributed by atoms with E-state index in [0.717, 1.165) is 39.3 Å². The first-order valence-electron chi connectivity index (χ1n) is 7.18. The van der Waals surface area contributed by atoms with E-state index in [9.17, 15) is 4.79 Å². The summed E-state index contributed by atoms with van der Waals surface area (Å²) in [5, 5.41) is 15.4. The third-order valence-electron chi connectivity index (χ3n) is 3.73. The third-order valence-corrected chi connectivity index (χ3v) is 3.73. The van der Waals surface area contributed by atoms with Crippen molar-refractivity contribution in [1.29, 1.82) is 0 Å². The fourth-order valence-electron chi connectivity index (χ4n) is 2.54. The van der Waals surface area contributed by atoms with Gasteiger partial charge in [0, 0.05) is 6.07 Å². The largest absolute Gasteiger partial charge is 0.391 e. The van der Waals surface area contributed by atoms with E-state index >= 15 is 0 Å². The summed E-state index contributed by atoms with van der Waals surface area (Å²) in [6, 6.07) is 1.71. The number of piperazine rings is 1. The average Bonchev–Trinajstić information content (AvgIpc) is 2.84. The molecule has 20 heavy (non-hydrogen) atoms. The van der Waals surface area contributed by atoms with Crippen molar-refractivity contribution in [2.45, 2.75) is 13.3 Å². The number of carbonyl (C=O) groups is 1. The van der Waals surface area contributed by atoms with E-state index in [1.807, 2.05) is 0 Å². The Morgan fingerprint density at radius 1 is 1.35 bits per heavy atom. The molecule has 0 spiro atoms. The zero-order valence-corrected chi connectivity index (χ0v) is 11.9. The van der Waals surface area contributed by atoms with E-state index in [1.165, 1.54) is 9.80 Å². The zero-order chi connectivity index (χ0) is 14.4. The molecule has 2 heterocycles. The van der Waals surface area contributed by atoms with Crippen molar-refractivity contribution >= 4 is 11.7 Å². The number of carbonyl (C=O) groups excluding carboxylic acids is 1. The lowest BCUT2D eigenvalue weighted by Gasteiger charge is -2.29. The van der Waals surface area contributed by atoms with E-state index in [2.05, 4.69) is 10.5 Å². The molecule has 7 nitrogen and oxygen atoms in total. The van der Waals surface area contributed by atoms with Crippen molar-refractivity contribution in [1.82, 2.24) is 5.16 Å². The number of hydrogen-bond donors (Lipinski definition) is 4. The fraction of sp³-hybridized carbons (Fsp3) is 0.692. The van der Waals surface area contributed by atoms with E-state index in [-0.39, 0.29) is 12.5 Å². The Bertz CT molecular complexity index is 427. The van der Waals surface area contributed by atoms with Gasteiger partial charge in [0.2, 0.25) is 5.91 Å². The predicted octanol–water partition coefficient (Wildman–Crippen LogP) is -2.91. The minimum atomic E-state index is -0.0177. The summed E-state index contributed by atoms with van der Waals surface area (Å²) < 4.78 is 4.90. The molecule has 0 aliphatic carbocycles. The van der Waals surface area contributed by atoms with E-state index in [1.54, 1.807) is 13.0 Å². The van der Waals surface area contributed by atoms with Crippen molar-refractivity contribution in [3.63, 3.8) is 0 Å². The number of aryl methyl sites for hydroxylation is 1. The fourth-order valence-corrected chi connectivity index (χ4v) is 2.54. The van der Waals surface area contributed by atoms with E-state index in [0.29, 0.717) is 18.0 Å². The summed E-state index contributed by atoms with van der Waals surface area (Å²) in [6.45, 7) is 7.98. The lowest BCUT2D eigenvalue weighted by molar-refractivity contribution is -1.01. The number of aliphatic hydroxyl groups excluding tert-OH is 1. The first-order valence-corrected chi connectivity index (χ1v) is 7.18. The number of hydrogen-bond acceptors (Lipinski definition) is 4. The summed E-state index contributed by atoms with van der Waals surface area (Å²) in [5.74, 6) is 1.16. The molecule has 2 rings (SSSR count). The van der Waals surface area contributed by atoms with Gasteiger partial charge in [-0.05, 0) is 6.92 Å². The van der Waals surface area contributed by atoms with Gasteiger partial charge in [0.15, 0.2) is 5.82 Å². The molecule has 112 valence electrons. The van der Waals surface area contributed by atoms with Crippen LogP contribution in [0.15, 0.2) is 10.6 Å². The van der Waals surface area contributed by atoms with Crippen LogP contribution < -0.4 is 15.1 Å². The van der Waals surface area contributed by atoms with Crippen LogP contribution in [-0.2, 0) is 4.79 Å². The van der Waals surface area contributed by atoms with Crippen LogP contribution in [0, 0.1) is 6.92 Å². The van der Waals surface area contributed by atoms with Gasteiger partial charge in [-0.25, -0.2) is 0 Å². The second kappa shape index (κ2) is 7.37. The number of quaternary nitrogens is 2. The molecule has 7 heteroatoms. The van der Waals surface area contributed by atoms with Crippen molar-refractivity contribution in [2.24, 2.45) is 0 Å². The third kappa shape index (κ3) is 4.59. The van der Waals surface area contributed by atoms with Crippen molar-refractivity contribution in [2.75, 3.05) is 51.2 Å². The van der Waals surface area contributed by atoms with Crippen LogP contribution in [-0.4, -0.2) is 62.0 Å². The van der Waals surface area contributed by atoms with Gasteiger partial charge in [-0.1, -0.05) is 5.16 Å². The topological polar surface area (TPSA) is 84.2 Å². The smallest absolute Gasteiger partial charge is 0.231 e. The number of anilines is 1. The lowest BCUT2D eigenvalue weighted by Crippen LogP contribution is -3.28. The van der Waals surface area contributed by atoms with Gasteiger partial charge in [0.25, 0.3) is 0 Å². The summed E-state index contributed by atoms with van der Waals surface area (Å²) in [7, 11) is 0. The Morgan fingerprint density at radius 3 is 2.55 bits per heavy atom. The highest BCUT2D eigenvalue weighted by molar-refractivity contribution is 5.89. The molecule has 1 fully saturated rings. The SMILES string of the molecule is Cc1cc(NC(=O)CC[NH+]2CC[NH+](CCO)CC2)no1. The molecule has 1 aromatic heterocycles. The van der Waals surface area contributed by atoms with Crippen LogP contribution in [0.2, 0.25) is 0 Å². The zero-order valence-electron chi connectivity index (χ0n) is 11.9. The maximum atomic E-state index is 11.8. The van der Waals surface area contributed by atoms with Gasteiger partial charge in [0.05, 0.1) is 19.6 Å². The molecule has 0 unspecified atom stereocenters. The minimum Gasteiger partial charge on any atom is -0.391 e. The molecule has 1 saturated heterocycles. The molecule has 1 aliphatic heterocycles. The Kier molecular flexibility index (Phi) is 5.51. The molecule has 1 aliphatic rings. The number of nitrogens with one attached hydrogen (secondary N) is 3. The van der Waals surface area contributed by atoms with Crippen molar-refractivity contribution < 1.29 is 24.2 Å². The Hall–Kier alpha value is -1.44. The summed E-state index contributed by atoms with van der Waals surface area (Å²) in [6.07, 6.45) is 0.497. The molecule has 0 radical (unpaired) electrons. The van der Waals surface area contributed by atoms with Crippen LogP contribution in [0.25, 0.3) is 0 Å². The lowest BCUT2D eigenvalue weighted by atomic mass is 10.3. The van der Waals surface area contributed by atoms with Crippen LogP contribution in [0.1, 0.15) is 12.2 Å². The molecule has 0 saturated carbocycles.